The van der Waals surface area contributed by atoms with Gasteiger partial charge in [0.2, 0.25) is 0 Å². The quantitative estimate of drug-likeness (QED) is 0.846. The Morgan fingerprint density at radius 3 is 2.60 bits per heavy atom. The number of aromatic amines is 1. The highest BCUT2D eigenvalue weighted by Gasteiger charge is 2.62. The van der Waals surface area contributed by atoms with Crippen molar-refractivity contribution in [2.75, 3.05) is 0 Å². The second kappa shape index (κ2) is 3.46. The summed E-state index contributed by atoms with van der Waals surface area (Å²) in [5, 5.41) is 3.06. The van der Waals surface area contributed by atoms with Crippen LogP contribution in [0.5, 0.6) is 0 Å². The summed E-state index contributed by atoms with van der Waals surface area (Å²) in [6, 6.07) is 10.1. The van der Waals surface area contributed by atoms with Crippen molar-refractivity contribution in [2.24, 2.45) is 5.41 Å². The fourth-order valence-electron chi connectivity index (χ4n) is 4.51. The van der Waals surface area contributed by atoms with E-state index >= 15 is 0 Å². The SMILES string of the molecule is CC12CCC(c3c1n(-c1ccccc1)[nH]c3=O)C2(C)C. The molecule has 0 saturated heterocycles. The van der Waals surface area contributed by atoms with Crippen LogP contribution < -0.4 is 5.56 Å². The fraction of sp³-hybridized carbons (Fsp3) is 0.471. The number of rotatable bonds is 1. The van der Waals surface area contributed by atoms with Crippen LogP contribution in [0.3, 0.4) is 0 Å². The summed E-state index contributed by atoms with van der Waals surface area (Å²) >= 11 is 0. The molecule has 4 rings (SSSR count). The van der Waals surface area contributed by atoms with Crippen LogP contribution in [0.25, 0.3) is 5.69 Å². The van der Waals surface area contributed by atoms with Gasteiger partial charge in [-0.05, 0) is 36.3 Å². The van der Waals surface area contributed by atoms with Gasteiger partial charge in [-0.15, -0.1) is 0 Å². The molecular weight excluding hydrogens is 248 g/mol. The number of para-hydroxylation sites is 1. The minimum Gasteiger partial charge on any atom is -0.268 e. The Labute approximate surface area is 118 Å². The maximum absolute atomic E-state index is 12.4. The maximum Gasteiger partial charge on any atom is 0.268 e. The lowest BCUT2D eigenvalue weighted by atomic mass is 9.70. The van der Waals surface area contributed by atoms with Gasteiger partial charge in [0.15, 0.2) is 0 Å². The third kappa shape index (κ3) is 1.15. The number of aromatic nitrogens is 2. The molecule has 104 valence electrons. The molecule has 1 N–H and O–H groups in total. The molecule has 20 heavy (non-hydrogen) atoms. The predicted molar refractivity (Wildman–Crippen MR) is 79.5 cm³/mol. The van der Waals surface area contributed by atoms with Crippen LogP contribution in [0, 0.1) is 5.41 Å². The van der Waals surface area contributed by atoms with E-state index in [0.717, 1.165) is 17.7 Å². The van der Waals surface area contributed by atoms with Gasteiger partial charge in [-0.3, -0.25) is 14.6 Å². The first-order valence-electron chi connectivity index (χ1n) is 7.37. The Balaban J connectivity index is 2.04. The molecule has 1 aromatic heterocycles. The first kappa shape index (κ1) is 12.0. The zero-order valence-corrected chi connectivity index (χ0v) is 12.2. The molecule has 2 aliphatic carbocycles. The van der Waals surface area contributed by atoms with E-state index in [-0.39, 0.29) is 16.4 Å². The van der Waals surface area contributed by atoms with Gasteiger partial charge in [-0.25, -0.2) is 0 Å². The van der Waals surface area contributed by atoms with Gasteiger partial charge < -0.3 is 0 Å². The van der Waals surface area contributed by atoms with Gasteiger partial charge in [0.25, 0.3) is 5.56 Å². The minimum absolute atomic E-state index is 0.0853. The number of hydrogen-bond acceptors (Lipinski definition) is 1. The molecule has 2 aliphatic rings. The third-order valence-corrected chi connectivity index (χ3v) is 6.05. The van der Waals surface area contributed by atoms with Crippen molar-refractivity contribution in [3.8, 4) is 5.69 Å². The highest BCUT2D eigenvalue weighted by atomic mass is 16.1. The van der Waals surface area contributed by atoms with Gasteiger partial charge >= 0.3 is 0 Å². The molecular formula is C17H20N2O. The lowest BCUT2D eigenvalue weighted by molar-refractivity contribution is 0.222. The van der Waals surface area contributed by atoms with Crippen LogP contribution in [0.2, 0.25) is 0 Å². The van der Waals surface area contributed by atoms with E-state index in [4.69, 9.17) is 0 Å². The summed E-state index contributed by atoms with van der Waals surface area (Å²) in [7, 11) is 0. The molecule has 0 aliphatic heterocycles. The molecule has 0 spiro atoms. The Morgan fingerprint density at radius 2 is 1.90 bits per heavy atom. The Kier molecular flexibility index (Phi) is 2.08. The average Bonchev–Trinajstić information content (AvgIpc) is 2.95. The van der Waals surface area contributed by atoms with E-state index in [1.54, 1.807) is 0 Å². The zero-order valence-electron chi connectivity index (χ0n) is 12.2. The van der Waals surface area contributed by atoms with E-state index < -0.39 is 0 Å². The molecule has 0 amide bonds. The van der Waals surface area contributed by atoms with Crippen molar-refractivity contribution in [3.05, 3.63) is 51.9 Å². The Bertz CT molecular complexity index is 738. The summed E-state index contributed by atoms with van der Waals surface area (Å²) in [6.45, 7) is 6.96. The zero-order chi connectivity index (χ0) is 14.1. The minimum atomic E-state index is 0.0853. The smallest absolute Gasteiger partial charge is 0.268 e. The monoisotopic (exact) mass is 268 g/mol. The molecule has 3 heteroatoms. The van der Waals surface area contributed by atoms with Crippen LogP contribution in [-0.2, 0) is 5.41 Å². The number of fused-ring (bicyclic) bond motifs is 5. The third-order valence-electron chi connectivity index (χ3n) is 6.05. The molecule has 2 unspecified atom stereocenters. The molecule has 1 saturated carbocycles. The number of nitrogens with one attached hydrogen (secondary N) is 1. The summed E-state index contributed by atoms with van der Waals surface area (Å²) < 4.78 is 2.03. The lowest BCUT2D eigenvalue weighted by Gasteiger charge is -2.35. The Hall–Kier alpha value is -1.77. The van der Waals surface area contributed by atoms with Crippen molar-refractivity contribution < 1.29 is 0 Å². The van der Waals surface area contributed by atoms with Crippen molar-refractivity contribution in [1.29, 1.82) is 0 Å². The van der Waals surface area contributed by atoms with E-state index in [0.29, 0.717) is 5.92 Å². The van der Waals surface area contributed by atoms with E-state index in [1.165, 1.54) is 12.1 Å². The summed E-state index contributed by atoms with van der Waals surface area (Å²) in [4.78, 5) is 12.4. The first-order chi connectivity index (χ1) is 9.47. The topological polar surface area (TPSA) is 37.8 Å². The van der Waals surface area contributed by atoms with Gasteiger partial charge in [-0.1, -0.05) is 39.0 Å². The van der Waals surface area contributed by atoms with Crippen molar-refractivity contribution in [3.63, 3.8) is 0 Å². The molecule has 1 fully saturated rings. The number of nitrogens with zero attached hydrogens (tertiary/aromatic N) is 1. The van der Waals surface area contributed by atoms with Gasteiger partial charge in [-0.2, -0.15) is 0 Å². The highest BCUT2D eigenvalue weighted by Crippen LogP contribution is 2.66. The van der Waals surface area contributed by atoms with Gasteiger partial charge in [0, 0.05) is 11.0 Å². The van der Waals surface area contributed by atoms with Gasteiger partial charge in [0.05, 0.1) is 11.4 Å². The van der Waals surface area contributed by atoms with E-state index in [9.17, 15) is 4.79 Å². The molecule has 3 nitrogen and oxygen atoms in total. The van der Waals surface area contributed by atoms with Crippen molar-refractivity contribution in [2.45, 2.75) is 44.9 Å². The Morgan fingerprint density at radius 1 is 1.20 bits per heavy atom. The number of hydrogen-bond donors (Lipinski definition) is 1. The van der Waals surface area contributed by atoms with Crippen LogP contribution in [0.1, 0.15) is 50.8 Å². The molecule has 2 aromatic rings. The van der Waals surface area contributed by atoms with Crippen LogP contribution in [0.4, 0.5) is 0 Å². The number of benzene rings is 1. The largest absolute Gasteiger partial charge is 0.268 e. The highest BCUT2D eigenvalue weighted by molar-refractivity contribution is 5.48. The standard InChI is InChI=1S/C17H20N2O/c1-16(2)12-9-10-17(16,3)14-13(12)15(20)18-19(14)11-7-5-4-6-8-11/h4-8,12H,9-10H2,1-3H3,(H,18,20). The molecule has 2 atom stereocenters. The summed E-state index contributed by atoms with van der Waals surface area (Å²) in [5.41, 5.74) is 3.66. The fourth-order valence-corrected chi connectivity index (χ4v) is 4.51. The average molecular weight is 268 g/mol. The normalized spacial score (nSPS) is 29.6. The number of H-pyrrole nitrogens is 1. The second-order valence-corrected chi connectivity index (χ2v) is 7.02. The van der Waals surface area contributed by atoms with E-state index in [2.05, 4.69) is 38.0 Å². The predicted octanol–water partition coefficient (Wildman–Crippen LogP) is 3.34. The first-order valence-corrected chi connectivity index (χ1v) is 7.37. The van der Waals surface area contributed by atoms with Crippen LogP contribution >= 0.6 is 0 Å². The second-order valence-electron chi connectivity index (χ2n) is 7.02. The lowest BCUT2D eigenvalue weighted by Crippen LogP contribution is -2.33. The molecule has 0 radical (unpaired) electrons. The van der Waals surface area contributed by atoms with Gasteiger partial charge in [0.1, 0.15) is 0 Å². The summed E-state index contributed by atoms with van der Waals surface area (Å²) in [5.74, 6) is 0.399. The maximum atomic E-state index is 12.4. The molecule has 1 heterocycles. The van der Waals surface area contributed by atoms with E-state index in [1.807, 2.05) is 22.9 Å². The van der Waals surface area contributed by atoms with Crippen molar-refractivity contribution in [1.82, 2.24) is 9.78 Å². The van der Waals surface area contributed by atoms with Crippen LogP contribution in [0.15, 0.2) is 35.1 Å². The molecule has 2 bridgehead atoms. The van der Waals surface area contributed by atoms with Crippen molar-refractivity contribution >= 4 is 0 Å². The van der Waals surface area contributed by atoms with Crippen LogP contribution in [-0.4, -0.2) is 9.78 Å². The summed E-state index contributed by atoms with van der Waals surface area (Å²) in [6.07, 6.45) is 2.31. The molecule has 1 aromatic carbocycles.